The van der Waals surface area contributed by atoms with E-state index in [1.807, 2.05) is 31.2 Å². The number of hydrogen-bond acceptors (Lipinski definition) is 2. The minimum absolute atomic E-state index is 0.466. The highest BCUT2D eigenvalue weighted by atomic mass is 16.5. The van der Waals surface area contributed by atoms with Crippen LogP contribution in [0.1, 0.15) is 31.4 Å². The van der Waals surface area contributed by atoms with E-state index in [-0.39, 0.29) is 0 Å². The summed E-state index contributed by atoms with van der Waals surface area (Å²) in [6.45, 7) is 2.42. The summed E-state index contributed by atoms with van der Waals surface area (Å²) >= 11 is 0. The minimum Gasteiger partial charge on any atom is -0.492 e. The molecule has 0 aliphatic heterocycles. The molecule has 2 heteroatoms. The molecule has 0 unspecified atom stereocenters. The van der Waals surface area contributed by atoms with Gasteiger partial charge in [0.25, 0.3) is 0 Å². The molecule has 0 bridgehead atoms. The number of aliphatic hydroxyl groups is 1. The summed E-state index contributed by atoms with van der Waals surface area (Å²) in [7, 11) is 0. The molecule has 1 N–H and O–H groups in total. The van der Waals surface area contributed by atoms with Crippen LogP contribution in [-0.4, -0.2) is 11.7 Å². The lowest BCUT2D eigenvalue weighted by atomic mass is 10.1. The molecule has 0 radical (unpaired) electrons. The van der Waals surface area contributed by atoms with Gasteiger partial charge in [0, 0.05) is 12.0 Å². The van der Waals surface area contributed by atoms with Crippen LogP contribution in [0.5, 0.6) is 5.75 Å². The van der Waals surface area contributed by atoms with E-state index in [9.17, 15) is 5.11 Å². The maximum Gasteiger partial charge on any atom is 0.125 e. The average Bonchev–Trinajstić information content (AvgIpc) is 2.29. The molecule has 0 aliphatic carbocycles. The number of rotatable bonds is 5. The number of aliphatic hydroxyl groups excluding tert-OH is 1. The molecule has 2 nitrogen and oxygen atoms in total. The summed E-state index contributed by atoms with van der Waals surface area (Å²) in [6.07, 6.45) is 5.93. The lowest BCUT2D eigenvalue weighted by Crippen LogP contribution is -2.02. The first-order valence-electron chi connectivity index (χ1n) is 5.12. The van der Waals surface area contributed by atoms with Crippen molar-refractivity contribution >= 4 is 0 Å². The van der Waals surface area contributed by atoms with Gasteiger partial charge >= 0.3 is 0 Å². The number of terminal acetylenes is 1. The predicted octanol–water partition coefficient (Wildman–Crippen LogP) is 2.53. The van der Waals surface area contributed by atoms with E-state index in [4.69, 9.17) is 11.2 Å². The highest BCUT2D eigenvalue weighted by Gasteiger charge is 2.10. The smallest absolute Gasteiger partial charge is 0.125 e. The lowest BCUT2D eigenvalue weighted by molar-refractivity contribution is 0.167. The van der Waals surface area contributed by atoms with Crippen molar-refractivity contribution in [2.45, 2.75) is 25.9 Å². The fourth-order valence-corrected chi connectivity index (χ4v) is 1.33. The molecule has 1 aromatic carbocycles. The molecule has 0 heterocycles. The normalized spacial score (nSPS) is 11.8. The first-order valence-corrected chi connectivity index (χ1v) is 5.12. The zero-order chi connectivity index (χ0) is 11.1. The van der Waals surface area contributed by atoms with Crippen molar-refractivity contribution < 1.29 is 9.84 Å². The molecule has 0 saturated heterocycles. The molecule has 0 spiro atoms. The summed E-state index contributed by atoms with van der Waals surface area (Å²) < 4.78 is 5.50. The average molecular weight is 204 g/mol. The van der Waals surface area contributed by atoms with Crippen molar-refractivity contribution in [1.82, 2.24) is 0 Å². The van der Waals surface area contributed by atoms with Gasteiger partial charge in [0.15, 0.2) is 0 Å². The molecule has 1 rings (SSSR count). The van der Waals surface area contributed by atoms with Crippen molar-refractivity contribution in [1.29, 1.82) is 0 Å². The zero-order valence-electron chi connectivity index (χ0n) is 8.94. The van der Waals surface area contributed by atoms with Gasteiger partial charge in [-0.3, -0.25) is 0 Å². The van der Waals surface area contributed by atoms with Gasteiger partial charge in [-0.15, -0.1) is 12.3 Å². The standard InChI is InChI=1S/C13H16O2/c1-3-5-10-15-13-9-7-6-8-11(13)12(14)4-2/h1,6-9,12,14H,4-5,10H2,2H3/t12-/m1/s1. The van der Waals surface area contributed by atoms with Crippen LogP contribution in [0.25, 0.3) is 0 Å². The number of ether oxygens (including phenoxy) is 1. The summed E-state index contributed by atoms with van der Waals surface area (Å²) in [5, 5.41) is 9.75. The highest BCUT2D eigenvalue weighted by molar-refractivity contribution is 5.35. The Morgan fingerprint density at radius 1 is 1.47 bits per heavy atom. The van der Waals surface area contributed by atoms with E-state index in [0.29, 0.717) is 19.4 Å². The summed E-state index contributed by atoms with van der Waals surface area (Å²) in [6, 6.07) is 7.50. The van der Waals surface area contributed by atoms with Gasteiger partial charge in [-0.25, -0.2) is 0 Å². The second-order valence-corrected chi connectivity index (χ2v) is 3.26. The van der Waals surface area contributed by atoms with Gasteiger partial charge in [-0.05, 0) is 12.5 Å². The van der Waals surface area contributed by atoms with Crippen molar-refractivity contribution in [2.24, 2.45) is 0 Å². The number of para-hydroxylation sites is 1. The molecule has 0 saturated carbocycles. The van der Waals surface area contributed by atoms with Gasteiger partial charge < -0.3 is 9.84 Å². The van der Waals surface area contributed by atoms with Crippen LogP contribution in [0.4, 0.5) is 0 Å². The SMILES string of the molecule is C#CCCOc1ccccc1[C@H](O)CC. The van der Waals surface area contributed by atoms with Crippen LogP contribution in [-0.2, 0) is 0 Å². The van der Waals surface area contributed by atoms with E-state index < -0.39 is 6.10 Å². The van der Waals surface area contributed by atoms with Crippen molar-refractivity contribution in [3.63, 3.8) is 0 Å². The van der Waals surface area contributed by atoms with Gasteiger partial charge in [0.2, 0.25) is 0 Å². The maximum atomic E-state index is 9.75. The third kappa shape index (κ3) is 3.30. The second-order valence-electron chi connectivity index (χ2n) is 3.26. The molecule has 1 atom stereocenters. The van der Waals surface area contributed by atoms with E-state index in [0.717, 1.165) is 11.3 Å². The Bertz CT molecular complexity index is 339. The highest BCUT2D eigenvalue weighted by Crippen LogP contribution is 2.26. The van der Waals surface area contributed by atoms with Crippen LogP contribution in [0.2, 0.25) is 0 Å². The predicted molar refractivity (Wildman–Crippen MR) is 60.6 cm³/mol. The van der Waals surface area contributed by atoms with Crippen molar-refractivity contribution in [3.05, 3.63) is 29.8 Å². The van der Waals surface area contributed by atoms with Gasteiger partial charge in [-0.1, -0.05) is 25.1 Å². The Labute approximate surface area is 90.9 Å². The lowest BCUT2D eigenvalue weighted by Gasteiger charge is -2.14. The van der Waals surface area contributed by atoms with Crippen molar-refractivity contribution in [2.75, 3.05) is 6.61 Å². The molecule has 0 fully saturated rings. The monoisotopic (exact) mass is 204 g/mol. The molecular formula is C13H16O2. The largest absolute Gasteiger partial charge is 0.492 e. The van der Waals surface area contributed by atoms with Crippen molar-refractivity contribution in [3.8, 4) is 18.1 Å². The van der Waals surface area contributed by atoms with Gasteiger partial charge in [0.1, 0.15) is 5.75 Å². The van der Waals surface area contributed by atoms with E-state index in [2.05, 4.69) is 5.92 Å². The molecular weight excluding hydrogens is 188 g/mol. The van der Waals surface area contributed by atoms with Crippen LogP contribution in [0.3, 0.4) is 0 Å². The van der Waals surface area contributed by atoms with E-state index >= 15 is 0 Å². The zero-order valence-corrected chi connectivity index (χ0v) is 8.94. The molecule has 0 aliphatic rings. The number of hydrogen-bond donors (Lipinski definition) is 1. The van der Waals surface area contributed by atoms with Gasteiger partial charge in [-0.2, -0.15) is 0 Å². The Hall–Kier alpha value is -1.46. The fourth-order valence-electron chi connectivity index (χ4n) is 1.33. The summed E-state index contributed by atoms with van der Waals surface area (Å²) in [5.74, 6) is 3.24. The van der Waals surface area contributed by atoms with Crippen LogP contribution >= 0.6 is 0 Å². The summed E-state index contributed by atoms with van der Waals surface area (Å²) in [4.78, 5) is 0. The van der Waals surface area contributed by atoms with Crippen LogP contribution < -0.4 is 4.74 Å². The minimum atomic E-state index is -0.466. The number of benzene rings is 1. The second kappa shape index (κ2) is 6.10. The Morgan fingerprint density at radius 2 is 2.20 bits per heavy atom. The fraction of sp³-hybridized carbons (Fsp3) is 0.385. The van der Waals surface area contributed by atoms with E-state index in [1.165, 1.54) is 0 Å². The Morgan fingerprint density at radius 3 is 2.87 bits per heavy atom. The maximum absolute atomic E-state index is 9.75. The molecule has 15 heavy (non-hydrogen) atoms. The third-order valence-corrected chi connectivity index (χ3v) is 2.17. The molecule has 0 aromatic heterocycles. The van der Waals surface area contributed by atoms with Crippen LogP contribution in [0, 0.1) is 12.3 Å². The third-order valence-electron chi connectivity index (χ3n) is 2.17. The molecule has 0 amide bonds. The van der Waals surface area contributed by atoms with E-state index in [1.54, 1.807) is 0 Å². The van der Waals surface area contributed by atoms with Crippen LogP contribution in [0.15, 0.2) is 24.3 Å². The summed E-state index contributed by atoms with van der Waals surface area (Å²) in [5.41, 5.74) is 0.831. The first-order chi connectivity index (χ1) is 7.29. The van der Waals surface area contributed by atoms with Gasteiger partial charge in [0.05, 0.1) is 12.7 Å². The first kappa shape index (κ1) is 11.6. The Balaban J connectivity index is 2.73. The topological polar surface area (TPSA) is 29.5 Å². The quantitative estimate of drug-likeness (QED) is 0.590. The molecule has 80 valence electrons. The molecule has 1 aromatic rings. The Kier molecular flexibility index (Phi) is 4.73.